The van der Waals surface area contributed by atoms with E-state index in [1.807, 2.05) is 30.3 Å². The number of hydrazine groups is 1. The molecule has 230 valence electrons. The van der Waals surface area contributed by atoms with Crippen molar-refractivity contribution in [2.24, 2.45) is 4.99 Å². The number of aromatic nitrogens is 2. The third kappa shape index (κ3) is 6.54. The molecular formula is C32H30FN7O5. The Kier molecular flexibility index (Phi) is 9.23. The van der Waals surface area contributed by atoms with Crippen molar-refractivity contribution >= 4 is 29.2 Å². The number of amidine groups is 1. The van der Waals surface area contributed by atoms with Crippen LogP contribution in [0.15, 0.2) is 78.0 Å². The van der Waals surface area contributed by atoms with Crippen molar-refractivity contribution in [2.45, 2.75) is 19.5 Å². The van der Waals surface area contributed by atoms with Gasteiger partial charge in [0.25, 0.3) is 5.91 Å². The van der Waals surface area contributed by atoms with Crippen LogP contribution in [0.1, 0.15) is 40.1 Å². The molecule has 5 rings (SSSR count). The summed E-state index contributed by atoms with van der Waals surface area (Å²) < 4.78 is 33.3. The molecule has 1 amide bonds. The fraction of sp³-hybridized carbons (Fsp3) is 0.219. The van der Waals surface area contributed by atoms with E-state index in [4.69, 9.17) is 14.2 Å². The van der Waals surface area contributed by atoms with Crippen molar-refractivity contribution in [3.05, 3.63) is 101 Å². The number of nitrogens with one attached hydrogen (secondary N) is 2. The molecule has 12 nitrogen and oxygen atoms in total. The molecule has 2 heterocycles. The lowest BCUT2D eigenvalue weighted by atomic mass is 10.0. The molecule has 0 saturated heterocycles. The molecule has 4 aromatic rings. The predicted octanol–water partition coefficient (Wildman–Crippen LogP) is 4.24. The Morgan fingerprint density at radius 3 is 2.49 bits per heavy atom. The molecule has 1 aliphatic heterocycles. The van der Waals surface area contributed by atoms with E-state index in [2.05, 4.69) is 26.8 Å². The van der Waals surface area contributed by atoms with Gasteiger partial charge in [0.1, 0.15) is 24.2 Å². The lowest BCUT2D eigenvalue weighted by Gasteiger charge is -2.32. The number of anilines is 2. The highest BCUT2D eigenvalue weighted by atomic mass is 19.1. The monoisotopic (exact) mass is 611 g/mol. The van der Waals surface area contributed by atoms with Gasteiger partial charge in [0.05, 0.1) is 38.8 Å². The number of nitriles is 1. The number of carbonyl (C=O) groups is 2. The summed E-state index contributed by atoms with van der Waals surface area (Å²) in [5.41, 5.74) is 5.03. The average molecular weight is 612 g/mol. The zero-order valence-electron chi connectivity index (χ0n) is 24.8. The van der Waals surface area contributed by atoms with Gasteiger partial charge in [-0.15, -0.1) is 0 Å². The third-order valence-corrected chi connectivity index (χ3v) is 6.97. The smallest absolute Gasteiger partial charge is 0.358 e. The zero-order valence-corrected chi connectivity index (χ0v) is 24.8. The molecule has 2 N–H and O–H groups in total. The van der Waals surface area contributed by atoms with Crippen LogP contribution in [-0.2, 0) is 16.1 Å². The van der Waals surface area contributed by atoms with Crippen LogP contribution in [0.4, 0.5) is 15.9 Å². The van der Waals surface area contributed by atoms with Gasteiger partial charge in [0.2, 0.25) is 0 Å². The van der Waals surface area contributed by atoms with Crippen LogP contribution in [0.2, 0.25) is 0 Å². The quantitative estimate of drug-likeness (QED) is 0.238. The van der Waals surface area contributed by atoms with Crippen molar-refractivity contribution in [1.82, 2.24) is 15.0 Å². The third-order valence-electron chi connectivity index (χ3n) is 6.97. The molecule has 1 unspecified atom stereocenters. The molecule has 0 spiro atoms. The van der Waals surface area contributed by atoms with E-state index in [-0.39, 0.29) is 47.6 Å². The highest BCUT2D eigenvalue weighted by Crippen LogP contribution is 2.35. The summed E-state index contributed by atoms with van der Waals surface area (Å²) in [5.74, 6) is -1.18. The van der Waals surface area contributed by atoms with E-state index < -0.39 is 23.7 Å². The average Bonchev–Trinajstić information content (AvgIpc) is 3.48. The first kappa shape index (κ1) is 30.6. The summed E-state index contributed by atoms with van der Waals surface area (Å²) in [5, 5.41) is 13.6. The first-order valence-electron chi connectivity index (χ1n) is 13.9. The molecule has 3 aromatic carbocycles. The van der Waals surface area contributed by atoms with Gasteiger partial charge in [-0.1, -0.05) is 30.3 Å². The topological polar surface area (TPSA) is 143 Å². The van der Waals surface area contributed by atoms with Crippen LogP contribution >= 0.6 is 0 Å². The van der Waals surface area contributed by atoms with Crippen molar-refractivity contribution in [1.29, 1.82) is 5.26 Å². The Bertz CT molecular complexity index is 1770. The Morgan fingerprint density at radius 2 is 1.82 bits per heavy atom. The van der Waals surface area contributed by atoms with E-state index in [9.17, 15) is 14.9 Å². The molecule has 1 aromatic heterocycles. The summed E-state index contributed by atoms with van der Waals surface area (Å²) >= 11 is 0. The molecule has 0 aliphatic carbocycles. The summed E-state index contributed by atoms with van der Waals surface area (Å²) in [4.78, 5) is 35.3. The minimum atomic E-state index is -0.995. The molecule has 45 heavy (non-hydrogen) atoms. The number of methoxy groups -OCH3 is 2. The maximum atomic E-state index is 15.7. The second-order valence-electron chi connectivity index (χ2n) is 9.79. The van der Waals surface area contributed by atoms with Crippen molar-refractivity contribution in [3.8, 4) is 17.6 Å². The predicted molar refractivity (Wildman–Crippen MR) is 164 cm³/mol. The minimum Gasteiger partial charge on any atom is -0.493 e. The minimum absolute atomic E-state index is 0.00619. The van der Waals surface area contributed by atoms with E-state index in [1.54, 1.807) is 35.8 Å². The van der Waals surface area contributed by atoms with Crippen LogP contribution in [0.3, 0.4) is 0 Å². The fourth-order valence-electron chi connectivity index (χ4n) is 4.80. The number of halogens is 1. The maximum absolute atomic E-state index is 15.7. The highest BCUT2D eigenvalue weighted by molar-refractivity contribution is 6.07. The van der Waals surface area contributed by atoms with Gasteiger partial charge in [-0.25, -0.2) is 14.2 Å². The van der Waals surface area contributed by atoms with Gasteiger partial charge in [0.15, 0.2) is 23.0 Å². The number of amides is 1. The molecule has 0 fully saturated rings. The Morgan fingerprint density at radius 1 is 1.11 bits per heavy atom. The normalized spacial score (nSPS) is 13.3. The standard InChI is InChI=1S/C32H30FN7O5/c1-4-45-32(42)29-31(36-19-39(29)18-21-8-6-5-7-9-21)40-27(41)17-35-30(38-40)28(37-22-12-10-20(16-34)11-13-22)23-14-25(43-2)26(44-3)15-24(23)33/h5-15,19,28,37H,4,17-18H2,1-3H3,(H,35,38). The number of benzene rings is 3. The van der Waals surface area contributed by atoms with Gasteiger partial charge in [0, 0.05) is 23.9 Å². The van der Waals surface area contributed by atoms with Crippen molar-refractivity contribution in [3.63, 3.8) is 0 Å². The molecule has 1 aliphatic rings. The maximum Gasteiger partial charge on any atom is 0.358 e. The summed E-state index contributed by atoms with van der Waals surface area (Å²) in [6.07, 6.45) is 1.45. The van der Waals surface area contributed by atoms with Gasteiger partial charge in [-0.3, -0.25) is 15.2 Å². The first-order valence-corrected chi connectivity index (χ1v) is 13.9. The van der Waals surface area contributed by atoms with Crippen LogP contribution in [-0.4, -0.2) is 54.6 Å². The summed E-state index contributed by atoms with van der Waals surface area (Å²) in [7, 11) is 2.83. The van der Waals surface area contributed by atoms with Crippen LogP contribution in [0, 0.1) is 17.1 Å². The van der Waals surface area contributed by atoms with E-state index >= 15 is 4.39 Å². The summed E-state index contributed by atoms with van der Waals surface area (Å²) in [6, 6.07) is 19.7. The number of carbonyl (C=O) groups excluding carboxylic acids is 2. The number of rotatable bonds is 11. The number of ether oxygens (including phenoxy) is 3. The summed E-state index contributed by atoms with van der Waals surface area (Å²) in [6.45, 7) is 1.76. The molecular weight excluding hydrogens is 581 g/mol. The lowest BCUT2D eigenvalue weighted by Crippen LogP contribution is -2.54. The number of hydrogen-bond acceptors (Lipinski definition) is 10. The van der Waals surface area contributed by atoms with Crippen LogP contribution in [0.25, 0.3) is 0 Å². The number of hydrogen-bond donors (Lipinski definition) is 2. The van der Waals surface area contributed by atoms with Gasteiger partial charge < -0.3 is 24.1 Å². The fourth-order valence-corrected chi connectivity index (χ4v) is 4.80. The second kappa shape index (κ2) is 13.6. The lowest BCUT2D eigenvalue weighted by molar-refractivity contribution is -0.118. The molecule has 0 bridgehead atoms. The van der Waals surface area contributed by atoms with Gasteiger partial charge in [-0.2, -0.15) is 10.3 Å². The Hall–Kier alpha value is -5.90. The van der Waals surface area contributed by atoms with Gasteiger partial charge >= 0.3 is 5.97 Å². The second-order valence-corrected chi connectivity index (χ2v) is 9.79. The first-order chi connectivity index (χ1) is 21.9. The van der Waals surface area contributed by atoms with Crippen LogP contribution < -0.4 is 25.2 Å². The molecule has 0 saturated carbocycles. The van der Waals surface area contributed by atoms with E-state index in [0.29, 0.717) is 17.8 Å². The van der Waals surface area contributed by atoms with E-state index in [0.717, 1.165) is 10.6 Å². The highest BCUT2D eigenvalue weighted by Gasteiger charge is 2.34. The van der Waals surface area contributed by atoms with Crippen LogP contribution in [0.5, 0.6) is 11.5 Å². The molecule has 13 heteroatoms. The van der Waals surface area contributed by atoms with Gasteiger partial charge in [-0.05, 0) is 42.8 Å². The Labute approximate surface area is 258 Å². The van der Waals surface area contributed by atoms with E-state index in [1.165, 1.54) is 32.7 Å². The number of esters is 1. The largest absolute Gasteiger partial charge is 0.493 e. The number of aliphatic imine (C=N–C) groups is 1. The van der Waals surface area contributed by atoms with Crippen molar-refractivity contribution in [2.75, 3.05) is 37.7 Å². The Balaban J connectivity index is 1.56. The molecule has 0 radical (unpaired) electrons. The SMILES string of the molecule is CCOC(=O)c1c(N2NC(C(Nc3ccc(C#N)cc3)c3cc(OC)c(OC)cc3F)=NCC2=O)ncn1Cc1ccccc1. The zero-order chi connectivity index (χ0) is 31.9. The number of nitrogens with zero attached hydrogens (tertiary/aromatic N) is 5. The van der Waals surface area contributed by atoms with Crippen molar-refractivity contribution < 1.29 is 28.2 Å². The number of imidazole rings is 1. The molecule has 1 atom stereocenters.